The number of nitrogens with one attached hydrogen (secondary N) is 1. The minimum atomic E-state index is -0.0367. The van der Waals surface area contributed by atoms with Crippen molar-refractivity contribution in [3.05, 3.63) is 33.3 Å². The van der Waals surface area contributed by atoms with E-state index in [4.69, 9.17) is 11.6 Å². The van der Waals surface area contributed by atoms with Crippen molar-refractivity contribution in [3.63, 3.8) is 0 Å². The molecule has 1 aromatic rings. The molecule has 0 aromatic heterocycles. The van der Waals surface area contributed by atoms with Gasteiger partial charge in [0.05, 0.1) is 5.02 Å². The zero-order chi connectivity index (χ0) is 13.1. The molecule has 1 N–H and O–H groups in total. The lowest BCUT2D eigenvalue weighted by Gasteiger charge is -2.11. The molecule has 2 atom stereocenters. The van der Waals surface area contributed by atoms with Gasteiger partial charge in [0.1, 0.15) is 0 Å². The second-order valence-electron chi connectivity index (χ2n) is 4.62. The Morgan fingerprint density at radius 1 is 1.44 bits per heavy atom. The number of benzene rings is 1. The Kier molecular flexibility index (Phi) is 5.10. The van der Waals surface area contributed by atoms with Gasteiger partial charge in [-0.15, -0.1) is 0 Å². The SMILES string of the molecule is O=C(NCC1CCC(Br)C1)c1ccc(Cl)c(Br)c1. The Balaban J connectivity index is 1.89. The minimum absolute atomic E-state index is 0.0367. The van der Waals surface area contributed by atoms with Crippen molar-refractivity contribution in [2.24, 2.45) is 5.92 Å². The van der Waals surface area contributed by atoms with Crippen molar-refractivity contribution in [2.75, 3.05) is 6.54 Å². The molecule has 0 saturated heterocycles. The summed E-state index contributed by atoms with van der Waals surface area (Å²) in [5.74, 6) is 0.555. The molecule has 5 heteroatoms. The third-order valence-corrected chi connectivity index (χ3v) is 5.26. The second-order valence-corrected chi connectivity index (χ2v) is 7.17. The van der Waals surface area contributed by atoms with Gasteiger partial charge in [-0.2, -0.15) is 0 Å². The quantitative estimate of drug-likeness (QED) is 0.756. The average molecular weight is 396 g/mol. The number of halogens is 3. The van der Waals surface area contributed by atoms with E-state index >= 15 is 0 Å². The fraction of sp³-hybridized carbons (Fsp3) is 0.462. The molecule has 0 spiro atoms. The molecule has 18 heavy (non-hydrogen) atoms. The molecule has 2 unspecified atom stereocenters. The molecular weight excluding hydrogens is 381 g/mol. The van der Waals surface area contributed by atoms with Crippen LogP contribution in [0.1, 0.15) is 29.6 Å². The molecule has 0 aliphatic heterocycles. The first-order valence-corrected chi connectivity index (χ1v) is 8.02. The lowest BCUT2D eigenvalue weighted by molar-refractivity contribution is 0.0947. The van der Waals surface area contributed by atoms with E-state index in [1.54, 1.807) is 18.2 Å². The van der Waals surface area contributed by atoms with Crippen LogP contribution in [0.2, 0.25) is 5.02 Å². The normalized spacial score (nSPS) is 23.1. The van der Waals surface area contributed by atoms with Crippen molar-refractivity contribution in [2.45, 2.75) is 24.1 Å². The van der Waals surface area contributed by atoms with E-state index < -0.39 is 0 Å². The summed E-state index contributed by atoms with van der Waals surface area (Å²) in [5, 5.41) is 3.60. The molecule has 1 aliphatic carbocycles. The third kappa shape index (κ3) is 3.72. The van der Waals surface area contributed by atoms with Crippen LogP contribution in [0.4, 0.5) is 0 Å². The summed E-state index contributed by atoms with van der Waals surface area (Å²) in [5.41, 5.74) is 0.639. The number of rotatable bonds is 3. The molecular formula is C13H14Br2ClNO. The van der Waals surface area contributed by atoms with Gasteiger partial charge in [-0.25, -0.2) is 0 Å². The van der Waals surface area contributed by atoms with Crippen LogP contribution < -0.4 is 5.32 Å². The first-order chi connectivity index (χ1) is 8.56. The van der Waals surface area contributed by atoms with Gasteiger partial charge in [0.2, 0.25) is 0 Å². The van der Waals surface area contributed by atoms with E-state index in [1.165, 1.54) is 12.8 Å². The smallest absolute Gasteiger partial charge is 0.251 e. The standard InChI is InChI=1S/C13H14Br2ClNO/c14-10-3-1-8(5-10)7-17-13(18)9-2-4-12(16)11(15)6-9/h2,4,6,8,10H,1,3,5,7H2,(H,17,18). The van der Waals surface area contributed by atoms with Crippen LogP contribution in [0.25, 0.3) is 0 Å². The van der Waals surface area contributed by atoms with Gasteiger partial charge in [-0.3, -0.25) is 4.79 Å². The number of hydrogen-bond acceptors (Lipinski definition) is 1. The maximum absolute atomic E-state index is 12.0. The van der Waals surface area contributed by atoms with Crippen LogP contribution in [0.15, 0.2) is 22.7 Å². The largest absolute Gasteiger partial charge is 0.352 e. The topological polar surface area (TPSA) is 29.1 Å². The molecule has 1 aromatic carbocycles. The van der Waals surface area contributed by atoms with E-state index in [0.717, 1.165) is 17.4 Å². The molecule has 1 amide bonds. The van der Waals surface area contributed by atoms with Crippen LogP contribution in [0.5, 0.6) is 0 Å². The molecule has 1 aliphatic rings. The number of carbonyl (C=O) groups is 1. The summed E-state index contributed by atoms with van der Waals surface area (Å²) in [7, 11) is 0. The Morgan fingerprint density at radius 2 is 2.22 bits per heavy atom. The highest BCUT2D eigenvalue weighted by Gasteiger charge is 2.22. The van der Waals surface area contributed by atoms with Gasteiger partial charge >= 0.3 is 0 Å². The molecule has 98 valence electrons. The molecule has 2 rings (SSSR count). The van der Waals surface area contributed by atoms with Gasteiger partial charge in [0.15, 0.2) is 0 Å². The van der Waals surface area contributed by atoms with Crippen LogP contribution in [-0.2, 0) is 0 Å². The van der Waals surface area contributed by atoms with E-state index in [0.29, 0.717) is 21.3 Å². The second kappa shape index (κ2) is 6.40. The number of carbonyl (C=O) groups excluding carboxylic acids is 1. The molecule has 2 nitrogen and oxygen atoms in total. The van der Waals surface area contributed by atoms with Gasteiger partial charge in [-0.1, -0.05) is 27.5 Å². The highest BCUT2D eigenvalue weighted by Crippen LogP contribution is 2.30. The number of hydrogen-bond donors (Lipinski definition) is 1. The summed E-state index contributed by atoms with van der Waals surface area (Å²) < 4.78 is 0.748. The van der Waals surface area contributed by atoms with Gasteiger partial charge in [0.25, 0.3) is 5.91 Å². The van der Waals surface area contributed by atoms with E-state index in [1.807, 2.05) is 0 Å². The Bertz CT molecular complexity index is 453. The number of alkyl halides is 1. The molecule has 1 saturated carbocycles. The number of amides is 1. The fourth-order valence-corrected chi connectivity index (χ4v) is 3.47. The first kappa shape index (κ1) is 14.4. The van der Waals surface area contributed by atoms with E-state index in [9.17, 15) is 4.79 Å². The Morgan fingerprint density at radius 3 is 2.83 bits per heavy atom. The Labute approximate surface area is 129 Å². The van der Waals surface area contributed by atoms with Crippen molar-refractivity contribution >= 4 is 49.4 Å². The maximum atomic E-state index is 12.0. The fourth-order valence-electron chi connectivity index (χ4n) is 2.18. The summed E-state index contributed by atoms with van der Waals surface area (Å²) in [6.45, 7) is 0.751. The lowest BCUT2D eigenvalue weighted by atomic mass is 10.1. The van der Waals surface area contributed by atoms with Crippen molar-refractivity contribution in [3.8, 4) is 0 Å². The third-order valence-electron chi connectivity index (χ3n) is 3.21. The van der Waals surface area contributed by atoms with Crippen molar-refractivity contribution < 1.29 is 4.79 Å². The van der Waals surface area contributed by atoms with Crippen molar-refractivity contribution in [1.29, 1.82) is 0 Å². The highest BCUT2D eigenvalue weighted by atomic mass is 79.9. The van der Waals surface area contributed by atoms with Gasteiger partial charge in [-0.05, 0) is 59.3 Å². The Hall–Kier alpha value is -0.0600. The zero-order valence-electron chi connectivity index (χ0n) is 9.76. The lowest BCUT2D eigenvalue weighted by Crippen LogP contribution is -2.28. The first-order valence-electron chi connectivity index (χ1n) is 5.93. The summed E-state index contributed by atoms with van der Waals surface area (Å²) in [6, 6.07) is 5.22. The van der Waals surface area contributed by atoms with Crippen LogP contribution in [0.3, 0.4) is 0 Å². The zero-order valence-corrected chi connectivity index (χ0v) is 13.7. The highest BCUT2D eigenvalue weighted by molar-refractivity contribution is 9.10. The van der Waals surface area contributed by atoms with Crippen LogP contribution in [-0.4, -0.2) is 17.3 Å². The predicted molar refractivity (Wildman–Crippen MR) is 81.5 cm³/mol. The average Bonchev–Trinajstić information content (AvgIpc) is 2.75. The van der Waals surface area contributed by atoms with Crippen LogP contribution >= 0.6 is 43.5 Å². The predicted octanol–water partition coefficient (Wildman–Crippen LogP) is 4.40. The summed E-state index contributed by atoms with van der Waals surface area (Å²) >= 11 is 12.8. The summed E-state index contributed by atoms with van der Waals surface area (Å²) in [4.78, 5) is 12.6. The molecule has 0 radical (unpaired) electrons. The monoisotopic (exact) mass is 393 g/mol. The maximum Gasteiger partial charge on any atom is 0.251 e. The molecule has 1 fully saturated rings. The van der Waals surface area contributed by atoms with Gasteiger partial charge in [0, 0.05) is 21.4 Å². The minimum Gasteiger partial charge on any atom is -0.352 e. The summed E-state index contributed by atoms with van der Waals surface area (Å²) in [6.07, 6.45) is 3.53. The molecule has 0 heterocycles. The van der Waals surface area contributed by atoms with Crippen LogP contribution in [0, 0.1) is 5.92 Å². The molecule has 0 bridgehead atoms. The van der Waals surface area contributed by atoms with Gasteiger partial charge < -0.3 is 5.32 Å². The van der Waals surface area contributed by atoms with E-state index in [2.05, 4.69) is 37.2 Å². The van der Waals surface area contributed by atoms with Crippen molar-refractivity contribution in [1.82, 2.24) is 5.32 Å². The van der Waals surface area contributed by atoms with E-state index in [-0.39, 0.29) is 5.91 Å².